The summed E-state index contributed by atoms with van der Waals surface area (Å²) in [5, 5.41) is 3.41. The molecule has 0 saturated carbocycles. The molecule has 0 amide bonds. The van der Waals surface area contributed by atoms with Crippen LogP contribution in [0, 0.1) is 0 Å². The zero-order chi connectivity index (χ0) is 17.4. The molecule has 124 valence electrons. The largest absolute Gasteiger partial charge is 0.497 e. The van der Waals surface area contributed by atoms with E-state index in [1.165, 1.54) is 11.3 Å². The third kappa shape index (κ3) is 3.10. The van der Waals surface area contributed by atoms with Crippen molar-refractivity contribution in [1.82, 2.24) is 4.98 Å². The zero-order valence-corrected chi connectivity index (χ0v) is 15.6. The minimum Gasteiger partial charge on any atom is -0.497 e. The second-order valence-corrected chi connectivity index (χ2v) is 7.17. The lowest BCUT2D eigenvalue weighted by atomic mass is 10.1. The molecule has 0 aliphatic heterocycles. The van der Waals surface area contributed by atoms with E-state index in [-0.39, 0.29) is 0 Å². The van der Waals surface area contributed by atoms with Crippen LogP contribution in [0.15, 0.2) is 67.6 Å². The van der Waals surface area contributed by atoms with Crippen molar-refractivity contribution in [2.45, 2.75) is 0 Å². The monoisotopic (exact) mass is 413 g/mol. The maximum atomic E-state index is 12.4. The van der Waals surface area contributed by atoms with Crippen molar-refractivity contribution in [3.8, 4) is 27.6 Å². The highest BCUT2D eigenvalue weighted by Crippen LogP contribution is 2.30. The summed E-state index contributed by atoms with van der Waals surface area (Å²) in [5.41, 5.74) is 2.39. The molecule has 2 aromatic carbocycles. The highest BCUT2D eigenvalue weighted by Gasteiger charge is 2.13. The van der Waals surface area contributed by atoms with Crippen molar-refractivity contribution in [3.05, 3.63) is 68.8 Å². The van der Waals surface area contributed by atoms with E-state index in [1.54, 1.807) is 13.2 Å². The molecule has 0 fully saturated rings. The van der Waals surface area contributed by atoms with Gasteiger partial charge in [0, 0.05) is 26.9 Å². The van der Waals surface area contributed by atoms with Crippen LogP contribution < -0.4 is 10.4 Å². The van der Waals surface area contributed by atoms with Gasteiger partial charge in [-0.05, 0) is 30.3 Å². The molecule has 0 saturated heterocycles. The number of rotatable bonds is 3. The molecule has 25 heavy (non-hydrogen) atoms. The van der Waals surface area contributed by atoms with Gasteiger partial charge in [-0.25, -0.2) is 9.78 Å². The Labute approximate surface area is 155 Å². The summed E-state index contributed by atoms with van der Waals surface area (Å²) in [4.78, 5) is 17.0. The summed E-state index contributed by atoms with van der Waals surface area (Å²) in [6.07, 6.45) is 0. The summed E-state index contributed by atoms with van der Waals surface area (Å²) in [5.74, 6) is 0.648. The molecule has 0 aliphatic rings. The van der Waals surface area contributed by atoms with Crippen LogP contribution in [0.1, 0.15) is 0 Å². The average molecular weight is 414 g/mol. The summed E-state index contributed by atoms with van der Waals surface area (Å²) >= 11 is 4.85. The molecule has 0 bridgehead atoms. The van der Waals surface area contributed by atoms with Crippen LogP contribution in [0.2, 0.25) is 0 Å². The molecule has 6 heteroatoms. The van der Waals surface area contributed by atoms with Crippen molar-refractivity contribution in [2.75, 3.05) is 7.11 Å². The fourth-order valence-electron chi connectivity index (χ4n) is 2.52. The SMILES string of the molecule is COc1ccc2cc(-c3nc(-c4ccc(Br)cc4)cs3)c(=O)oc2c1. The van der Waals surface area contributed by atoms with Gasteiger partial charge in [0.15, 0.2) is 0 Å². The fraction of sp³-hybridized carbons (Fsp3) is 0.0526. The zero-order valence-electron chi connectivity index (χ0n) is 13.2. The fourth-order valence-corrected chi connectivity index (χ4v) is 3.61. The quantitative estimate of drug-likeness (QED) is 0.424. The molecule has 2 heterocycles. The Hall–Kier alpha value is -2.44. The molecule has 0 unspecified atom stereocenters. The lowest BCUT2D eigenvalue weighted by Crippen LogP contribution is -2.02. The number of methoxy groups -OCH3 is 1. The van der Waals surface area contributed by atoms with Crippen LogP contribution in [0.3, 0.4) is 0 Å². The van der Waals surface area contributed by atoms with Gasteiger partial charge in [-0.3, -0.25) is 0 Å². The van der Waals surface area contributed by atoms with Crippen LogP contribution in [-0.2, 0) is 0 Å². The van der Waals surface area contributed by atoms with Crippen molar-refractivity contribution < 1.29 is 9.15 Å². The second-order valence-electron chi connectivity index (χ2n) is 5.40. The number of hydrogen-bond donors (Lipinski definition) is 0. The Bertz CT molecular complexity index is 1120. The van der Waals surface area contributed by atoms with E-state index in [0.29, 0.717) is 21.9 Å². The first-order valence-electron chi connectivity index (χ1n) is 7.48. The van der Waals surface area contributed by atoms with Crippen LogP contribution in [-0.4, -0.2) is 12.1 Å². The van der Waals surface area contributed by atoms with Crippen molar-refractivity contribution in [2.24, 2.45) is 0 Å². The summed E-state index contributed by atoms with van der Waals surface area (Å²) in [6, 6.07) is 15.1. The number of aromatic nitrogens is 1. The van der Waals surface area contributed by atoms with Crippen LogP contribution >= 0.6 is 27.3 Å². The Balaban J connectivity index is 1.78. The highest BCUT2D eigenvalue weighted by molar-refractivity contribution is 9.10. The maximum absolute atomic E-state index is 12.4. The van der Waals surface area contributed by atoms with Crippen molar-refractivity contribution >= 4 is 38.2 Å². The molecule has 0 radical (unpaired) electrons. The Morgan fingerprint density at radius 2 is 1.92 bits per heavy atom. The van der Waals surface area contributed by atoms with E-state index < -0.39 is 5.63 Å². The van der Waals surface area contributed by atoms with Gasteiger partial charge in [0.2, 0.25) is 0 Å². The number of thiazole rings is 1. The van der Waals surface area contributed by atoms with Crippen LogP contribution in [0.4, 0.5) is 0 Å². The number of ether oxygens (including phenoxy) is 1. The van der Waals surface area contributed by atoms with E-state index in [9.17, 15) is 4.79 Å². The van der Waals surface area contributed by atoms with Crippen LogP contribution in [0.25, 0.3) is 32.8 Å². The smallest absolute Gasteiger partial charge is 0.346 e. The topological polar surface area (TPSA) is 52.3 Å². The normalized spacial score (nSPS) is 11.0. The van der Waals surface area contributed by atoms with Gasteiger partial charge < -0.3 is 9.15 Å². The van der Waals surface area contributed by atoms with E-state index >= 15 is 0 Å². The molecule has 0 aliphatic carbocycles. The van der Waals surface area contributed by atoms with E-state index in [1.807, 2.05) is 47.8 Å². The van der Waals surface area contributed by atoms with Gasteiger partial charge in [-0.2, -0.15) is 0 Å². The number of nitrogens with zero attached hydrogens (tertiary/aromatic N) is 1. The van der Waals surface area contributed by atoms with Crippen LogP contribution in [0.5, 0.6) is 5.75 Å². The minimum absolute atomic E-state index is 0.405. The summed E-state index contributed by atoms with van der Waals surface area (Å²) < 4.78 is 11.6. The standard InChI is InChI=1S/C19H12BrNO3S/c1-23-14-7-4-12-8-15(19(22)24-17(12)9-14)18-21-16(10-25-18)11-2-5-13(20)6-3-11/h2-10H,1H3. The Kier molecular flexibility index (Phi) is 4.15. The first-order valence-corrected chi connectivity index (χ1v) is 9.15. The van der Waals surface area contributed by atoms with Gasteiger partial charge >= 0.3 is 5.63 Å². The molecule has 4 rings (SSSR count). The van der Waals surface area contributed by atoms with Crippen molar-refractivity contribution in [1.29, 1.82) is 0 Å². The first-order chi connectivity index (χ1) is 12.1. The lowest BCUT2D eigenvalue weighted by Gasteiger charge is -2.02. The summed E-state index contributed by atoms with van der Waals surface area (Å²) in [7, 11) is 1.58. The predicted octanol–water partition coefficient (Wildman–Crippen LogP) is 5.35. The van der Waals surface area contributed by atoms with E-state index in [4.69, 9.17) is 9.15 Å². The number of hydrogen-bond acceptors (Lipinski definition) is 5. The molecule has 2 aromatic heterocycles. The molecule has 4 nitrogen and oxygen atoms in total. The highest BCUT2D eigenvalue weighted by atomic mass is 79.9. The van der Waals surface area contributed by atoms with E-state index in [2.05, 4.69) is 20.9 Å². The summed E-state index contributed by atoms with van der Waals surface area (Å²) in [6.45, 7) is 0. The maximum Gasteiger partial charge on any atom is 0.346 e. The van der Waals surface area contributed by atoms with Gasteiger partial charge in [0.25, 0.3) is 0 Å². The molecule has 4 aromatic rings. The molecule has 0 atom stereocenters. The molecular formula is C19H12BrNO3S. The predicted molar refractivity (Wildman–Crippen MR) is 103 cm³/mol. The minimum atomic E-state index is -0.405. The molecule has 0 spiro atoms. The number of benzene rings is 2. The molecular weight excluding hydrogens is 402 g/mol. The Morgan fingerprint density at radius 3 is 2.68 bits per heavy atom. The first kappa shape index (κ1) is 16.1. The van der Waals surface area contributed by atoms with Gasteiger partial charge in [0.1, 0.15) is 16.3 Å². The van der Waals surface area contributed by atoms with Gasteiger partial charge in [-0.15, -0.1) is 11.3 Å². The van der Waals surface area contributed by atoms with E-state index in [0.717, 1.165) is 21.1 Å². The number of fused-ring (bicyclic) bond motifs is 1. The van der Waals surface area contributed by atoms with Crippen molar-refractivity contribution in [3.63, 3.8) is 0 Å². The third-order valence-electron chi connectivity index (χ3n) is 3.82. The Morgan fingerprint density at radius 1 is 1.12 bits per heavy atom. The second kappa shape index (κ2) is 6.46. The third-order valence-corrected chi connectivity index (χ3v) is 5.22. The lowest BCUT2D eigenvalue weighted by molar-refractivity contribution is 0.414. The molecule has 0 N–H and O–H groups in total. The average Bonchev–Trinajstić information content (AvgIpc) is 3.11. The van der Waals surface area contributed by atoms with Gasteiger partial charge in [-0.1, -0.05) is 28.1 Å². The number of halogens is 1. The van der Waals surface area contributed by atoms with Gasteiger partial charge in [0.05, 0.1) is 18.4 Å².